The number of hydrogen-bond acceptors (Lipinski definition) is 3. The Hall–Kier alpha value is -1.46. The molecule has 1 aliphatic heterocycles. The Bertz CT molecular complexity index is 515. The van der Waals surface area contributed by atoms with Crippen molar-refractivity contribution < 1.29 is 13.2 Å². The molecule has 1 saturated heterocycles. The molecule has 1 aromatic heterocycles. The predicted molar refractivity (Wildman–Crippen MR) is 75.9 cm³/mol. The normalized spacial score (nSPS) is 26.5. The Kier molecular flexibility index (Phi) is 3.71. The first-order chi connectivity index (χ1) is 9.95. The fraction of sp³-hybridized carbons (Fsp3) is 0.667. The number of pyridine rings is 1. The fourth-order valence-electron chi connectivity index (χ4n) is 3.70. The summed E-state index contributed by atoms with van der Waals surface area (Å²) in [5.41, 5.74) is 5.81. The van der Waals surface area contributed by atoms with Crippen molar-refractivity contribution in [1.82, 2.24) is 4.98 Å². The van der Waals surface area contributed by atoms with Crippen LogP contribution < -0.4 is 10.6 Å². The maximum absolute atomic E-state index is 12.8. The Morgan fingerprint density at radius 3 is 2.57 bits per heavy atom. The van der Waals surface area contributed by atoms with Crippen LogP contribution in [-0.4, -0.2) is 18.1 Å². The number of alkyl halides is 3. The lowest BCUT2D eigenvalue weighted by atomic mass is 9.75. The molecule has 0 aromatic carbocycles. The monoisotopic (exact) mass is 299 g/mol. The fourth-order valence-corrected chi connectivity index (χ4v) is 3.70. The SMILES string of the molecule is Nc1cnc(C(F)(F)F)cc1N1CCC2CCCCC2C1. The molecule has 0 bridgehead atoms. The molecule has 1 aromatic rings. The number of rotatable bonds is 1. The van der Waals surface area contributed by atoms with E-state index in [0.717, 1.165) is 37.7 Å². The van der Waals surface area contributed by atoms with Crippen molar-refractivity contribution in [1.29, 1.82) is 0 Å². The molecular formula is C15H20F3N3. The number of nitrogens with two attached hydrogens (primary N) is 1. The average molecular weight is 299 g/mol. The number of hydrogen-bond donors (Lipinski definition) is 1. The van der Waals surface area contributed by atoms with Crippen LogP contribution in [0.4, 0.5) is 24.5 Å². The van der Waals surface area contributed by atoms with Crippen molar-refractivity contribution in [2.24, 2.45) is 11.8 Å². The van der Waals surface area contributed by atoms with E-state index in [4.69, 9.17) is 5.73 Å². The molecule has 2 fully saturated rings. The topological polar surface area (TPSA) is 42.1 Å². The van der Waals surface area contributed by atoms with Crippen molar-refractivity contribution in [3.05, 3.63) is 18.0 Å². The average Bonchev–Trinajstić information content (AvgIpc) is 2.46. The molecule has 2 unspecified atom stereocenters. The molecule has 116 valence electrons. The highest BCUT2D eigenvalue weighted by Crippen LogP contribution is 2.39. The Balaban J connectivity index is 1.83. The highest BCUT2D eigenvalue weighted by molar-refractivity contribution is 5.67. The number of aromatic nitrogens is 1. The molecule has 21 heavy (non-hydrogen) atoms. The molecule has 2 atom stereocenters. The van der Waals surface area contributed by atoms with E-state index in [9.17, 15) is 13.2 Å². The van der Waals surface area contributed by atoms with Gasteiger partial charge >= 0.3 is 6.18 Å². The van der Waals surface area contributed by atoms with Crippen molar-refractivity contribution in [3.8, 4) is 0 Å². The van der Waals surface area contributed by atoms with E-state index in [1.807, 2.05) is 4.90 Å². The third kappa shape index (κ3) is 2.94. The number of nitrogen functional groups attached to an aromatic ring is 1. The van der Waals surface area contributed by atoms with Gasteiger partial charge in [0.1, 0.15) is 5.69 Å². The van der Waals surface area contributed by atoms with Gasteiger partial charge in [-0.05, 0) is 30.7 Å². The first kappa shape index (κ1) is 14.5. The lowest BCUT2D eigenvalue weighted by Crippen LogP contribution is -2.42. The van der Waals surface area contributed by atoms with Gasteiger partial charge in [0.2, 0.25) is 0 Å². The van der Waals surface area contributed by atoms with E-state index in [1.165, 1.54) is 25.7 Å². The summed E-state index contributed by atoms with van der Waals surface area (Å²) in [6.45, 7) is 1.60. The number of nitrogens with zero attached hydrogens (tertiary/aromatic N) is 2. The second-order valence-electron chi connectivity index (χ2n) is 6.17. The number of halogens is 3. The molecule has 0 spiro atoms. The highest BCUT2D eigenvalue weighted by atomic mass is 19.4. The zero-order valence-corrected chi connectivity index (χ0v) is 11.9. The molecule has 6 heteroatoms. The van der Waals surface area contributed by atoms with E-state index >= 15 is 0 Å². The molecule has 3 rings (SSSR count). The van der Waals surface area contributed by atoms with Gasteiger partial charge in [0.15, 0.2) is 0 Å². The summed E-state index contributed by atoms with van der Waals surface area (Å²) >= 11 is 0. The predicted octanol–water partition coefficient (Wildman–Crippen LogP) is 3.70. The van der Waals surface area contributed by atoms with Gasteiger partial charge in [-0.3, -0.25) is 0 Å². The van der Waals surface area contributed by atoms with Crippen LogP contribution in [0.15, 0.2) is 12.3 Å². The van der Waals surface area contributed by atoms with Crippen molar-refractivity contribution >= 4 is 11.4 Å². The van der Waals surface area contributed by atoms with Crippen LogP contribution in [0.5, 0.6) is 0 Å². The minimum Gasteiger partial charge on any atom is -0.396 e. The molecule has 2 heterocycles. The first-order valence-electron chi connectivity index (χ1n) is 7.53. The summed E-state index contributed by atoms with van der Waals surface area (Å²) in [6.07, 6.45) is 2.71. The molecule has 0 radical (unpaired) electrons. The smallest absolute Gasteiger partial charge is 0.396 e. The van der Waals surface area contributed by atoms with E-state index in [2.05, 4.69) is 4.98 Å². The highest BCUT2D eigenvalue weighted by Gasteiger charge is 2.35. The van der Waals surface area contributed by atoms with Crippen LogP contribution in [-0.2, 0) is 6.18 Å². The standard InChI is InChI=1S/C15H20F3N3/c16-15(17,18)14-7-13(12(19)8-20-14)21-6-5-10-3-1-2-4-11(10)9-21/h7-8,10-11H,1-6,9,19H2. The second kappa shape index (κ2) is 5.39. The summed E-state index contributed by atoms with van der Waals surface area (Å²) in [5.74, 6) is 1.33. The van der Waals surface area contributed by atoms with E-state index in [0.29, 0.717) is 17.3 Å². The quantitative estimate of drug-likeness (QED) is 0.859. The van der Waals surface area contributed by atoms with Gasteiger partial charge in [-0.2, -0.15) is 13.2 Å². The number of fused-ring (bicyclic) bond motifs is 1. The van der Waals surface area contributed by atoms with Gasteiger partial charge in [0, 0.05) is 13.1 Å². The van der Waals surface area contributed by atoms with Crippen LogP contribution >= 0.6 is 0 Å². The minimum atomic E-state index is -4.42. The summed E-state index contributed by atoms with van der Waals surface area (Å²) in [4.78, 5) is 5.42. The Morgan fingerprint density at radius 2 is 1.86 bits per heavy atom. The third-order valence-electron chi connectivity index (χ3n) is 4.83. The lowest BCUT2D eigenvalue weighted by molar-refractivity contribution is -0.141. The molecule has 1 aliphatic carbocycles. The van der Waals surface area contributed by atoms with Crippen molar-refractivity contribution in [2.75, 3.05) is 23.7 Å². The number of anilines is 2. The maximum Gasteiger partial charge on any atom is 0.433 e. The van der Waals surface area contributed by atoms with E-state index in [-0.39, 0.29) is 0 Å². The van der Waals surface area contributed by atoms with Crippen molar-refractivity contribution in [2.45, 2.75) is 38.3 Å². The molecule has 1 saturated carbocycles. The van der Waals surface area contributed by atoms with Gasteiger partial charge < -0.3 is 10.6 Å². The van der Waals surface area contributed by atoms with E-state index in [1.54, 1.807) is 0 Å². The molecule has 3 nitrogen and oxygen atoms in total. The molecule has 2 aliphatic rings. The molecule has 2 N–H and O–H groups in total. The van der Waals surface area contributed by atoms with Crippen molar-refractivity contribution in [3.63, 3.8) is 0 Å². The summed E-state index contributed by atoms with van der Waals surface area (Å²) in [5, 5.41) is 0. The zero-order valence-electron chi connectivity index (χ0n) is 11.9. The lowest BCUT2D eigenvalue weighted by Gasteiger charge is -2.42. The maximum atomic E-state index is 12.8. The van der Waals surface area contributed by atoms with Gasteiger partial charge in [0.05, 0.1) is 17.6 Å². The van der Waals surface area contributed by atoms with Gasteiger partial charge in [-0.1, -0.05) is 19.3 Å². The van der Waals surface area contributed by atoms with Gasteiger partial charge in [0.25, 0.3) is 0 Å². The third-order valence-corrected chi connectivity index (χ3v) is 4.83. The summed E-state index contributed by atoms with van der Waals surface area (Å²) in [7, 11) is 0. The Labute approximate surface area is 122 Å². The first-order valence-corrected chi connectivity index (χ1v) is 7.53. The second-order valence-corrected chi connectivity index (χ2v) is 6.17. The Morgan fingerprint density at radius 1 is 1.14 bits per heavy atom. The van der Waals surface area contributed by atoms with Crippen LogP contribution in [0.3, 0.4) is 0 Å². The van der Waals surface area contributed by atoms with Crippen LogP contribution in [0, 0.1) is 11.8 Å². The minimum absolute atomic E-state index is 0.331. The van der Waals surface area contributed by atoms with Gasteiger partial charge in [-0.25, -0.2) is 4.98 Å². The summed E-state index contributed by atoms with van der Waals surface area (Å²) < 4.78 is 38.4. The zero-order chi connectivity index (χ0) is 15.0. The molecule has 0 amide bonds. The van der Waals surface area contributed by atoms with Crippen LogP contribution in [0.25, 0.3) is 0 Å². The summed E-state index contributed by atoms with van der Waals surface area (Å²) in [6, 6.07) is 1.10. The largest absolute Gasteiger partial charge is 0.433 e. The number of piperidine rings is 1. The van der Waals surface area contributed by atoms with Crippen LogP contribution in [0.2, 0.25) is 0 Å². The van der Waals surface area contributed by atoms with E-state index < -0.39 is 11.9 Å². The molecular weight excluding hydrogens is 279 g/mol. The van der Waals surface area contributed by atoms with Gasteiger partial charge in [-0.15, -0.1) is 0 Å². The van der Waals surface area contributed by atoms with Crippen LogP contribution in [0.1, 0.15) is 37.8 Å².